The maximum Gasteiger partial charge on any atom is 0.222 e. The maximum absolute atomic E-state index is 11.2. The van der Waals surface area contributed by atoms with E-state index < -0.39 is 0 Å². The number of carbonyl (C=O) groups excluding carboxylic acids is 1. The second kappa shape index (κ2) is 5.71. The monoisotopic (exact) mass is 328 g/mol. The molecular formula is C12H7Cl3N4O. The molecule has 5 nitrogen and oxygen atoms in total. The number of hydrogen-bond acceptors (Lipinski definition) is 3. The number of nitrogens with one attached hydrogen (secondary N) is 1. The first-order chi connectivity index (χ1) is 9.43. The van der Waals surface area contributed by atoms with Gasteiger partial charge in [-0.25, -0.2) is 4.68 Å². The molecule has 1 N–H and O–H groups in total. The molecule has 1 heterocycles. The van der Waals surface area contributed by atoms with Crippen LogP contribution in [-0.4, -0.2) is 15.7 Å². The van der Waals surface area contributed by atoms with Crippen LogP contribution in [0.25, 0.3) is 5.69 Å². The zero-order valence-corrected chi connectivity index (χ0v) is 12.4. The van der Waals surface area contributed by atoms with Crippen LogP contribution in [0.5, 0.6) is 0 Å². The Kier molecular flexibility index (Phi) is 4.19. The van der Waals surface area contributed by atoms with Crippen LogP contribution >= 0.6 is 34.8 Å². The summed E-state index contributed by atoms with van der Waals surface area (Å²) in [4.78, 5) is 11.2. The molecule has 20 heavy (non-hydrogen) atoms. The Bertz CT molecular complexity index is 710. The normalized spacial score (nSPS) is 10.2. The Morgan fingerprint density at radius 2 is 1.95 bits per heavy atom. The largest absolute Gasteiger partial charge is 0.310 e. The van der Waals surface area contributed by atoms with E-state index in [1.165, 1.54) is 29.9 Å². The smallest absolute Gasteiger partial charge is 0.222 e. The molecule has 102 valence electrons. The lowest BCUT2D eigenvalue weighted by Gasteiger charge is -2.11. The number of nitriles is 1. The maximum atomic E-state index is 11.2. The number of anilines is 1. The van der Waals surface area contributed by atoms with Gasteiger partial charge in [-0.1, -0.05) is 34.8 Å². The van der Waals surface area contributed by atoms with Crippen LogP contribution in [0.4, 0.5) is 5.82 Å². The molecule has 0 saturated heterocycles. The first-order valence-corrected chi connectivity index (χ1v) is 6.48. The van der Waals surface area contributed by atoms with E-state index in [9.17, 15) is 4.79 Å². The standard InChI is InChI=1S/C12H7Cl3N4O/c1-6(20)18-12-7(4-16)5-17-19(12)11-9(14)2-8(13)3-10(11)15/h2-3,5H,1H3,(H,18,20). The van der Waals surface area contributed by atoms with E-state index in [2.05, 4.69) is 10.4 Å². The fourth-order valence-corrected chi connectivity index (χ4v) is 2.60. The Morgan fingerprint density at radius 1 is 1.35 bits per heavy atom. The first-order valence-electron chi connectivity index (χ1n) is 5.34. The number of carbonyl (C=O) groups is 1. The van der Waals surface area contributed by atoms with Gasteiger partial charge in [0.15, 0.2) is 5.82 Å². The van der Waals surface area contributed by atoms with E-state index in [1.54, 1.807) is 0 Å². The highest BCUT2D eigenvalue weighted by Crippen LogP contribution is 2.34. The number of nitrogens with zero attached hydrogens (tertiary/aromatic N) is 3. The average Bonchev–Trinajstić information content (AvgIpc) is 2.70. The van der Waals surface area contributed by atoms with E-state index in [0.717, 1.165) is 0 Å². The molecule has 0 radical (unpaired) electrons. The molecule has 0 spiro atoms. The van der Waals surface area contributed by atoms with Crippen molar-refractivity contribution in [3.8, 4) is 11.8 Å². The third kappa shape index (κ3) is 2.73. The summed E-state index contributed by atoms with van der Waals surface area (Å²) in [6.07, 6.45) is 1.31. The number of halogens is 3. The van der Waals surface area contributed by atoms with Crippen LogP contribution in [0.2, 0.25) is 15.1 Å². The molecule has 0 aliphatic rings. The summed E-state index contributed by atoms with van der Waals surface area (Å²) in [7, 11) is 0. The SMILES string of the molecule is CC(=O)Nc1c(C#N)cnn1-c1c(Cl)cc(Cl)cc1Cl. The highest BCUT2D eigenvalue weighted by Gasteiger charge is 2.18. The second-order valence-corrected chi connectivity index (χ2v) is 5.08. The lowest BCUT2D eigenvalue weighted by molar-refractivity contribution is -0.114. The minimum Gasteiger partial charge on any atom is -0.310 e. The molecule has 1 aromatic heterocycles. The van der Waals surface area contributed by atoms with E-state index in [4.69, 9.17) is 40.1 Å². The predicted octanol–water partition coefficient (Wildman–Crippen LogP) is 3.66. The van der Waals surface area contributed by atoms with Gasteiger partial charge in [-0.3, -0.25) is 4.79 Å². The van der Waals surface area contributed by atoms with Crippen LogP contribution in [0.3, 0.4) is 0 Å². The fraction of sp³-hybridized carbons (Fsp3) is 0.0833. The number of aromatic nitrogens is 2. The molecule has 0 bridgehead atoms. The fourth-order valence-electron chi connectivity index (χ4n) is 1.62. The van der Waals surface area contributed by atoms with Gasteiger partial charge in [0.2, 0.25) is 5.91 Å². The van der Waals surface area contributed by atoms with Crippen molar-refractivity contribution in [2.75, 3.05) is 5.32 Å². The van der Waals surface area contributed by atoms with Crippen LogP contribution in [-0.2, 0) is 4.79 Å². The van der Waals surface area contributed by atoms with Gasteiger partial charge in [-0.2, -0.15) is 10.4 Å². The molecule has 2 rings (SSSR count). The van der Waals surface area contributed by atoms with Crippen molar-refractivity contribution in [3.05, 3.63) is 39.0 Å². The van der Waals surface area contributed by atoms with Crippen molar-refractivity contribution in [2.45, 2.75) is 6.92 Å². The highest BCUT2D eigenvalue weighted by atomic mass is 35.5. The van der Waals surface area contributed by atoms with E-state index in [1.807, 2.05) is 6.07 Å². The number of amides is 1. The second-order valence-electron chi connectivity index (χ2n) is 3.83. The van der Waals surface area contributed by atoms with E-state index in [-0.39, 0.29) is 27.3 Å². The van der Waals surface area contributed by atoms with Crippen molar-refractivity contribution in [1.82, 2.24) is 9.78 Å². The van der Waals surface area contributed by atoms with Gasteiger partial charge < -0.3 is 5.32 Å². The Hall–Kier alpha value is -1.74. The Labute approximate surface area is 129 Å². The molecule has 0 unspecified atom stereocenters. The molecule has 1 amide bonds. The number of benzene rings is 1. The lowest BCUT2D eigenvalue weighted by atomic mass is 10.3. The summed E-state index contributed by atoms with van der Waals surface area (Å²) in [6, 6.07) is 4.92. The van der Waals surface area contributed by atoms with Gasteiger partial charge in [0, 0.05) is 11.9 Å². The van der Waals surface area contributed by atoms with Crippen molar-refractivity contribution in [2.24, 2.45) is 0 Å². The van der Waals surface area contributed by atoms with Gasteiger partial charge in [-0.15, -0.1) is 0 Å². The molecule has 0 saturated carbocycles. The van der Waals surface area contributed by atoms with Gasteiger partial charge >= 0.3 is 0 Å². The zero-order chi connectivity index (χ0) is 14.9. The highest BCUT2D eigenvalue weighted by molar-refractivity contribution is 6.40. The first kappa shape index (κ1) is 14.7. The van der Waals surface area contributed by atoms with Crippen molar-refractivity contribution < 1.29 is 4.79 Å². The number of rotatable bonds is 2. The Balaban J connectivity index is 2.68. The van der Waals surface area contributed by atoms with Gasteiger partial charge in [-0.05, 0) is 12.1 Å². The van der Waals surface area contributed by atoms with E-state index >= 15 is 0 Å². The van der Waals surface area contributed by atoms with Crippen LogP contribution < -0.4 is 5.32 Å². The topological polar surface area (TPSA) is 70.7 Å². The third-order valence-electron chi connectivity index (χ3n) is 2.38. The molecule has 0 atom stereocenters. The zero-order valence-electron chi connectivity index (χ0n) is 10.1. The third-order valence-corrected chi connectivity index (χ3v) is 3.17. The minimum atomic E-state index is -0.343. The summed E-state index contributed by atoms with van der Waals surface area (Å²) < 4.78 is 1.29. The summed E-state index contributed by atoms with van der Waals surface area (Å²) >= 11 is 18.1. The van der Waals surface area contributed by atoms with Crippen molar-refractivity contribution >= 4 is 46.5 Å². The summed E-state index contributed by atoms with van der Waals surface area (Å²) in [5.41, 5.74) is 0.533. The molecule has 1 aromatic carbocycles. The number of hydrogen-bond donors (Lipinski definition) is 1. The summed E-state index contributed by atoms with van der Waals surface area (Å²) in [5, 5.41) is 16.5. The quantitative estimate of drug-likeness (QED) is 0.914. The molecule has 2 aromatic rings. The van der Waals surface area contributed by atoms with Gasteiger partial charge in [0.25, 0.3) is 0 Å². The lowest BCUT2D eigenvalue weighted by Crippen LogP contribution is -2.12. The molecular weight excluding hydrogens is 323 g/mol. The van der Waals surface area contributed by atoms with Crippen molar-refractivity contribution in [3.63, 3.8) is 0 Å². The van der Waals surface area contributed by atoms with Gasteiger partial charge in [0.1, 0.15) is 17.3 Å². The van der Waals surface area contributed by atoms with E-state index in [0.29, 0.717) is 10.7 Å². The average molecular weight is 330 g/mol. The van der Waals surface area contributed by atoms with Crippen LogP contribution in [0, 0.1) is 11.3 Å². The van der Waals surface area contributed by atoms with Crippen LogP contribution in [0.15, 0.2) is 18.3 Å². The van der Waals surface area contributed by atoms with Gasteiger partial charge in [0.05, 0.1) is 16.2 Å². The molecule has 0 aliphatic heterocycles. The summed E-state index contributed by atoms with van der Waals surface area (Å²) in [6.45, 7) is 1.32. The Morgan fingerprint density at radius 3 is 2.45 bits per heavy atom. The molecule has 0 aliphatic carbocycles. The van der Waals surface area contributed by atoms with Crippen LogP contribution in [0.1, 0.15) is 12.5 Å². The molecule has 0 fully saturated rings. The predicted molar refractivity (Wildman–Crippen MR) is 77.6 cm³/mol. The van der Waals surface area contributed by atoms with Crippen molar-refractivity contribution in [1.29, 1.82) is 5.26 Å². The minimum absolute atomic E-state index is 0.197. The summed E-state index contributed by atoms with van der Waals surface area (Å²) in [5.74, 6) is -0.143. The molecule has 8 heteroatoms.